The van der Waals surface area contributed by atoms with E-state index in [1.54, 1.807) is 12.4 Å². The Kier molecular flexibility index (Phi) is 6.09. The predicted molar refractivity (Wildman–Crippen MR) is 110 cm³/mol. The molecular weight excluding hydrogens is 348 g/mol. The van der Waals surface area contributed by atoms with Crippen molar-refractivity contribution in [2.24, 2.45) is 0 Å². The first kappa shape index (κ1) is 18.8. The van der Waals surface area contributed by atoms with E-state index in [1.807, 2.05) is 24.7 Å². The van der Waals surface area contributed by atoms with E-state index >= 15 is 0 Å². The van der Waals surface area contributed by atoms with Gasteiger partial charge in [-0.2, -0.15) is 0 Å². The number of hydrogen-bond donors (Lipinski definition) is 0. The number of hydrogen-bond acceptors (Lipinski definition) is 5. The molecule has 3 aromatic rings. The van der Waals surface area contributed by atoms with Gasteiger partial charge in [-0.3, -0.25) is 19.4 Å². The van der Waals surface area contributed by atoms with Crippen LogP contribution in [0.15, 0.2) is 61.3 Å². The molecule has 4 rings (SSSR count). The van der Waals surface area contributed by atoms with Gasteiger partial charge in [0.05, 0.1) is 0 Å². The maximum atomic E-state index is 4.40. The SMILES string of the molecule is CCN(Cc1ccncc1)C1CCCN(Cc2cccn2-c2ncccn2)C1. The number of aromatic nitrogens is 4. The quantitative estimate of drug-likeness (QED) is 0.634. The fourth-order valence-electron chi connectivity index (χ4n) is 4.08. The highest BCUT2D eigenvalue weighted by molar-refractivity contribution is 5.20. The van der Waals surface area contributed by atoms with Gasteiger partial charge in [-0.25, -0.2) is 9.97 Å². The average Bonchev–Trinajstić information content (AvgIpc) is 3.21. The number of pyridine rings is 1. The van der Waals surface area contributed by atoms with Crippen LogP contribution in [0.3, 0.4) is 0 Å². The monoisotopic (exact) mass is 376 g/mol. The molecule has 0 spiro atoms. The van der Waals surface area contributed by atoms with Crippen molar-refractivity contribution in [3.8, 4) is 5.95 Å². The van der Waals surface area contributed by atoms with Crippen LogP contribution in [0, 0.1) is 0 Å². The number of piperidine rings is 1. The van der Waals surface area contributed by atoms with E-state index in [-0.39, 0.29) is 0 Å². The zero-order valence-corrected chi connectivity index (χ0v) is 16.5. The molecule has 1 aliphatic heterocycles. The zero-order chi connectivity index (χ0) is 19.2. The van der Waals surface area contributed by atoms with Crippen LogP contribution in [0.2, 0.25) is 0 Å². The van der Waals surface area contributed by atoms with Crippen molar-refractivity contribution in [3.63, 3.8) is 0 Å². The highest BCUT2D eigenvalue weighted by Gasteiger charge is 2.25. The molecule has 4 heterocycles. The maximum absolute atomic E-state index is 4.40. The van der Waals surface area contributed by atoms with Crippen molar-refractivity contribution in [1.82, 2.24) is 29.3 Å². The molecule has 3 aromatic heterocycles. The fraction of sp³-hybridized carbons (Fsp3) is 0.409. The molecule has 1 fully saturated rings. The van der Waals surface area contributed by atoms with Crippen molar-refractivity contribution in [2.75, 3.05) is 19.6 Å². The van der Waals surface area contributed by atoms with Crippen LogP contribution >= 0.6 is 0 Å². The first-order valence-electron chi connectivity index (χ1n) is 10.1. The smallest absolute Gasteiger partial charge is 0.233 e. The second-order valence-corrected chi connectivity index (χ2v) is 7.37. The highest BCUT2D eigenvalue weighted by Crippen LogP contribution is 2.20. The van der Waals surface area contributed by atoms with Gasteiger partial charge in [0.2, 0.25) is 5.95 Å². The minimum Gasteiger partial charge on any atom is -0.296 e. The third kappa shape index (κ3) is 4.46. The van der Waals surface area contributed by atoms with Crippen molar-refractivity contribution in [1.29, 1.82) is 0 Å². The van der Waals surface area contributed by atoms with E-state index in [0.717, 1.165) is 38.7 Å². The van der Waals surface area contributed by atoms with E-state index in [2.05, 4.69) is 60.5 Å². The molecule has 1 aliphatic rings. The second-order valence-electron chi connectivity index (χ2n) is 7.37. The van der Waals surface area contributed by atoms with E-state index in [1.165, 1.54) is 24.1 Å². The Labute approximate surface area is 166 Å². The summed E-state index contributed by atoms with van der Waals surface area (Å²) in [5.41, 5.74) is 2.58. The van der Waals surface area contributed by atoms with E-state index in [4.69, 9.17) is 0 Å². The van der Waals surface area contributed by atoms with Crippen molar-refractivity contribution in [3.05, 3.63) is 72.6 Å². The molecule has 0 N–H and O–H groups in total. The third-order valence-corrected chi connectivity index (χ3v) is 5.52. The van der Waals surface area contributed by atoms with E-state index in [0.29, 0.717) is 6.04 Å². The van der Waals surface area contributed by atoms with Crippen LogP contribution in [0.4, 0.5) is 0 Å². The van der Waals surface area contributed by atoms with Crippen LogP contribution in [0.25, 0.3) is 5.95 Å². The van der Waals surface area contributed by atoms with Crippen LogP contribution < -0.4 is 0 Å². The van der Waals surface area contributed by atoms with Gasteiger partial charge in [0, 0.05) is 62.4 Å². The largest absolute Gasteiger partial charge is 0.296 e. The molecule has 1 atom stereocenters. The van der Waals surface area contributed by atoms with Gasteiger partial charge >= 0.3 is 0 Å². The maximum Gasteiger partial charge on any atom is 0.233 e. The van der Waals surface area contributed by atoms with Gasteiger partial charge in [0.25, 0.3) is 0 Å². The van der Waals surface area contributed by atoms with Crippen molar-refractivity contribution in [2.45, 2.75) is 38.9 Å². The minimum atomic E-state index is 0.586. The molecule has 0 radical (unpaired) electrons. The van der Waals surface area contributed by atoms with Gasteiger partial charge in [-0.1, -0.05) is 6.92 Å². The Hall–Kier alpha value is -2.57. The summed E-state index contributed by atoms with van der Waals surface area (Å²) in [7, 11) is 0. The highest BCUT2D eigenvalue weighted by atomic mass is 15.2. The number of nitrogens with zero attached hydrogens (tertiary/aromatic N) is 6. The topological polar surface area (TPSA) is 50.1 Å². The summed E-state index contributed by atoms with van der Waals surface area (Å²) in [5, 5.41) is 0. The summed E-state index contributed by atoms with van der Waals surface area (Å²) < 4.78 is 2.10. The van der Waals surface area contributed by atoms with Gasteiger partial charge in [-0.15, -0.1) is 0 Å². The number of likely N-dealkylation sites (N-methyl/N-ethyl adjacent to an activating group) is 1. The lowest BCUT2D eigenvalue weighted by molar-refractivity contribution is 0.0907. The molecule has 0 aliphatic carbocycles. The predicted octanol–water partition coefficient (Wildman–Crippen LogP) is 3.15. The molecule has 0 amide bonds. The van der Waals surface area contributed by atoms with Gasteiger partial charge in [0.1, 0.15) is 0 Å². The summed E-state index contributed by atoms with van der Waals surface area (Å²) in [5.74, 6) is 0.740. The molecule has 0 bridgehead atoms. The Morgan fingerprint density at radius 2 is 1.89 bits per heavy atom. The molecular formula is C22H28N6. The number of likely N-dealkylation sites (tertiary alicyclic amines) is 1. The second kappa shape index (κ2) is 9.08. The van der Waals surface area contributed by atoms with Gasteiger partial charge in [0.15, 0.2) is 0 Å². The standard InChI is InChI=1S/C22H28N6/c1-2-27(16-19-8-12-23-13-9-19)20-6-3-14-26(17-20)18-21-7-4-15-28(21)22-24-10-5-11-25-22/h4-5,7-13,15,20H,2-3,6,14,16-18H2,1H3. The molecule has 6 nitrogen and oxygen atoms in total. The summed E-state index contributed by atoms with van der Waals surface area (Å²) in [6, 6.07) is 10.9. The van der Waals surface area contributed by atoms with Gasteiger partial charge < -0.3 is 0 Å². The Morgan fingerprint density at radius 1 is 1.07 bits per heavy atom. The lowest BCUT2D eigenvalue weighted by Crippen LogP contribution is -2.47. The van der Waals surface area contributed by atoms with Crippen LogP contribution in [0.1, 0.15) is 31.0 Å². The molecule has 0 saturated carbocycles. The van der Waals surface area contributed by atoms with Crippen LogP contribution in [-0.4, -0.2) is 55.0 Å². The molecule has 1 unspecified atom stereocenters. The normalized spacial score (nSPS) is 17.9. The van der Waals surface area contributed by atoms with Gasteiger partial charge in [-0.05, 0) is 61.8 Å². The lowest BCUT2D eigenvalue weighted by atomic mass is 10.0. The summed E-state index contributed by atoms with van der Waals surface area (Å²) in [6.45, 7) is 7.48. The molecule has 28 heavy (non-hydrogen) atoms. The minimum absolute atomic E-state index is 0.586. The van der Waals surface area contributed by atoms with Crippen LogP contribution in [-0.2, 0) is 13.1 Å². The van der Waals surface area contributed by atoms with Crippen LogP contribution in [0.5, 0.6) is 0 Å². The number of rotatable bonds is 7. The first-order chi connectivity index (χ1) is 13.8. The molecule has 1 saturated heterocycles. The molecule has 0 aromatic carbocycles. The summed E-state index contributed by atoms with van der Waals surface area (Å²) in [4.78, 5) is 18.1. The zero-order valence-electron chi connectivity index (χ0n) is 16.5. The van der Waals surface area contributed by atoms with E-state index < -0.39 is 0 Å². The van der Waals surface area contributed by atoms with Crippen molar-refractivity contribution >= 4 is 0 Å². The van der Waals surface area contributed by atoms with E-state index in [9.17, 15) is 0 Å². The summed E-state index contributed by atoms with van der Waals surface area (Å²) >= 11 is 0. The van der Waals surface area contributed by atoms with Crippen molar-refractivity contribution < 1.29 is 0 Å². The lowest BCUT2D eigenvalue weighted by Gasteiger charge is -2.39. The Morgan fingerprint density at radius 3 is 2.68 bits per heavy atom. The third-order valence-electron chi connectivity index (χ3n) is 5.52. The summed E-state index contributed by atoms with van der Waals surface area (Å²) in [6.07, 6.45) is 11.9. The Balaban J connectivity index is 1.42. The molecule has 6 heteroatoms. The average molecular weight is 377 g/mol. The first-order valence-corrected chi connectivity index (χ1v) is 10.1. The fourth-order valence-corrected chi connectivity index (χ4v) is 4.08. The molecule has 146 valence electrons. The Bertz CT molecular complexity index is 848.